The summed E-state index contributed by atoms with van der Waals surface area (Å²) in [7, 11) is 0. The van der Waals surface area contributed by atoms with Gasteiger partial charge in [0.15, 0.2) is 5.16 Å². The highest BCUT2D eigenvalue weighted by Crippen LogP contribution is 2.36. The molecule has 1 amide bonds. The first-order chi connectivity index (χ1) is 15.6. The molecule has 162 valence electrons. The molecule has 1 N–H and O–H groups in total. The van der Waals surface area contributed by atoms with Crippen LogP contribution < -0.4 is 10.9 Å². The number of fused-ring (bicyclic) bond motifs is 1. The van der Waals surface area contributed by atoms with E-state index in [1.807, 2.05) is 42.5 Å². The number of thioether (sulfide) groups is 1. The van der Waals surface area contributed by atoms with Crippen molar-refractivity contribution in [1.82, 2.24) is 19.3 Å². The fourth-order valence-corrected chi connectivity index (χ4v) is 4.61. The van der Waals surface area contributed by atoms with Crippen molar-refractivity contribution < 1.29 is 4.79 Å². The van der Waals surface area contributed by atoms with Crippen LogP contribution in [-0.4, -0.2) is 31.0 Å². The van der Waals surface area contributed by atoms with Crippen LogP contribution in [0.15, 0.2) is 70.7 Å². The van der Waals surface area contributed by atoms with E-state index < -0.39 is 0 Å². The first-order valence-corrected chi connectivity index (χ1v) is 11.7. The summed E-state index contributed by atoms with van der Waals surface area (Å²) in [6.07, 6.45) is 3.55. The molecule has 1 saturated carbocycles. The molecule has 2 heterocycles. The molecule has 9 heteroatoms. The van der Waals surface area contributed by atoms with Gasteiger partial charge in [0, 0.05) is 17.1 Å². The predicted molar refractivity (Wildman–Crippen MR) is 126 cm³/mol. The molecule has 1 fully saturated rings. The van der Waals surface area contributed by atoms with E-state index in [1.165, 1.54) is 11.8 Å². The Hall–Kier alpha value is -3.10. The number of aromatic nitrogens is 4. The number of anilines is 1. The number of amides is 1. The van der Waals surface area contributed by atoms with E-state index in [9.17, 15) is 9.59 Å². The second-order valence-electron chi connectivity index (χ2n) is 7.62. The average molecular weight is 466 g/mol. The zero-order valence-corrected chi connectivity index (χ0v) is 18.6. The van der Waals surface area contributed by atoms with Gasteiger partial charge in [0.25, 0.3) is 5.56 Å². The van der Waals surface area contributed by atoms with Crippen LogP contribution >= 0.6 is 23.4 Å². The minimum absolute atomic E-state index is 0.0428. The largest absolute Gasteiger partial charge is 0.310 e. The van der Waals surface area contributed by atoms with E-state index in [2.05, 4.69) is 15.4 Å². The summed E-state index contributed by atoms with van der Waals surface area (Å²) < 4.78 is 3.43. The van der Waals surface area contributed by atoms with Gasteiger partial charge in [0.05, 0.1) is 29.4 Å². The molecule has 32 heavy (non-hydrogen) atoms. The second-order valence-corrected chi connectivity index (χ2v) is 8.97. The van der Waals surface area contributed by atoms with Crippen LogP contribution in [0.5, 0.6) is 0 Å². The van der Waals surface area contributed by atoms with Crippen LogP contribution in [0, 0.1) is 0 Å². The van der Waals surface area contributed by atoms with Crippen molar-refractivity contribution in [2.45, 2.75) is 30.6 Å². The Balaban J connectivity index is 1.31. The summed E-state index contributed by atoms with van der Waals surface area (Å²) in [5.41, 5.74) is 1.52. The van der Waals surface area contributed by atoms with Gasteiger partial charge < -0.3 is 5.32 Å². The molecular formula is C23H20ClN5O2S. The molecule has 0 saturated heterocycles. The number of nitrogens with zero attached hydrogens (tertiary/aromatic N) is 4. The van der Waals surface area contributed by atoms with Crippen molar-refractivity contribution in [3.8, 4) is 0 Å². The number of halogens is 1. The van der Waals surface area contributed by atoms with Crippen LogP contribution in [-0.2, 0) is 11.3 Å². The van der Waals surface area contributed by atoms with Gasteiger partial charge in [-0.3, -0.25) is 14.2 Å². The number of carbonyl (C=O) groups excluding carboxylic acids is 1. The van der Waals surface area contributed by atoms with Crippen LogP contribution in [0.25, 0.3) is 10.9 Å². The number of hydrogen-bond acceptors (Lipinski definition) is 5. The lowest BCUT2D eigenvalue weighted by Crippen LogP contribution is -2.23. The third-order valence-electron chi connectivity index (χ3n) is 5.28. The quantitative estimate of drug-likeness (QED) is 0.324. The molecule has 0 bridgehead atoms. The summed E-state index contributed by atoms with van der Waals surface area (Å²) in [6.45, 7) is 0.447. The SMILES string of the molecule is O=C(CSc1nc2ccccc2c(=O)n1C1CC1)Nc1ccnn1Cc1ccccc1Cl. The number of para-hydroxylation sites is 1. The highest BCUT2D eigenvalue weighted by Gasteiger charge is 2.28. The van der Waals surface area contributed by atoms with Gasteiger partial charge in [-0.2, -0.15) is 5.10 Å². The molecule has 4 aromatic rings. The molecule has 2 aromatic carbocycles. The highest BCUT2D eigenvalue weighted by atomic mass is 35.5. The number of nitrogens with one attached hydrogen (secondary N) is 1. The third kappa shape index (κ3) is 4.28. The molecule has 1 aliphatic rings. The van der Waals surface area contributed by atoms with E-state index in [0.29, 0.717) is 33.4 Å². The maximum absolute atomic E-state index is 13.0. The van der Waals surface area contributed by atoms with Gasteiger partial charge in [-0.15, -0.1) is 0 Å². The third-order valence-corrected chi connectivity index (χ3v) is 6.60. The molecule has 0 spiro atoms. The van der Waals surface area contributed by atoms with Crippen LogP contribution in [0.3, 0.4) is 0 Å². The Kier molecular flexibility index (Phi) is 5.71. The molecule has 0 radical (unpaired) electrons. The van der Waals surface area contributed by atoms with E-state index in [0.717, 1.165) is 18.4 Å². The molecule has 2 aromatic heterocycles. The van der Waals surface area contributed by atoms with Crippen molar-refractivity contribution in [1.29, 1.82) is 0 Å². The monoisotopic (exact) mass is 465 g/mol. The minimum Gasteiger partial charge on any atom is -0.310 e. The lowest BCUT2D eigenvalue weighted by atomic mass is 10.2. The lowest BCUT2D eigenvalue weighted by Gasteiger charge is -2.13. The minimum atomic E-state index is -0.194. The normalized spacial score (nSPS) is 13.4. The first-order valence-electron chi connectivity index (χ1n) is 10.3. The molecule has 5 rings (SSSR count). The Morgan fingerprint density at radius 2 is 1.91 bits per heavy atom. The van der Waals surface area contributed by atoms with Crippen LogP contribution in [0.1, 0.15) is 24.4 Å². The second kappa shape index (κ2) is 8.80. The molecule has 1 aliphatic carbocycles. The fourth-order valence-electron chi connectivity index (χ4n) is 3.54. The fraction of sp³-hybridized carbons (Fsp3) is 0.217. The van der Waals surface area contributed by atoms with Gasteiger partial charge in [-0.1, -0.05) is 53.7 Å². The maximum atomic E-state index is 13.0. The van der Waals surface area contributed by atoms with Crippen LogP contribution in [0.4, 0.5) is 5.82 Å². The van der Waals surface area contributed by atoms with Gasteiger partial charge in [0.2, 0.25) is 5.91 Å². The van der Waals surface area contributed by atoms with Crippen LogP contribution in [0.2, 0.25) is 5.02 Å². The van der Waals surface area contributed by atoms with Gasteiger partial charge in [0.1, 0.15) is 5.82 Å². The summed E-state index contributed by atoms with van der Waals surface area (Å²) in [5, 5.41) is 9.03. The number of carbonyl (C=O) groups is 1. The van der Waals surface area contributed by atoms with Crippen molar-refractivity contribution in [2.24, 2.45) is 0 Å². The van der Waals surface area contributed by atoms with Crippen molar-refractivity contribution >= 4 is 46.0 Å². The molecule has 0 unspecified atom stereocenters. The van der Waals surface area contributed by atoms with E-state index in [1.54, 1.807) is 27.6 Å². The Labute approximate surface area is 193 Å². The molecular weight excluding hydrogens is 446 g/mol. The first kappa shape index (κ1) is 20.8. The van der Waals surface area contributed by atoms with E-state index in [4.69, 9.17) is 11.6 Å². The smallest absolute Gasteiger partial charge is 0.262 e. The lowest BCUT2D eigenvalue weighted by molar-refractivity contribution is -0.113. The Morgan fingerprint density at radius 1 is 1.12 bits per heavy atom. The summed E-state index contributed by atoms with van der Waals surface area (Å²) >= 11 is 7.53. The van der Waals surface area contributed by atoms with Gasteiger partial charge in [-0.05, 0) is 36.6 Å². The predicted octanol–water partition coefficient (Wildman–Crippen LogP) is 4.36. The van der Waals surface area contributed by atoms with Crippen molar-refractivity contribution in [3.63, 3.8) is 0 Å². The number of rotatable bonds is 7. The molecule has 0 aliphatic heterocycles. The van der Waals surface area contributed by atoms with Gasteiger partial charge in [-0.25, -0.2) is 9.67 Å². The summed E-state index contributed by atoms with van der Waals surface area (Å²) in [6, 6.07) is 16.8. The zero-order valence-electron chi connectivity index (χ0n) is 17.1. The highest BCUT2D eigenvalue weighted by molar-refractivity contribution is 7.99. The Bertz CT molecular complexity index is 1360. The topological polar surface area (TPSA) is 81.8 Å². The molecule has 7 nitrogen and oxygen atoms in total. The summed E-state index contributed by atoms with van der Waals surface area (Å²) in [4.78, 5) is 30.3. The van der Waals surface area contributed by atoms with Crippen molar-refractivity contribution in [3.05, 3.63) is 81.7 Å². The number of hydrogen-bond donors (Lipinski definition) is 1. The van der Waals surface area contributed by atoms with Crippen molar-refractivity contribution in [2.75, 3.05) is 11.1 Å². The maximum Gasteiger partial charge on any atom is 0.262 e. The zero-order chi connectivity index (χ0) is 22.1. The Morgan fingerprint density at radius 3 is 2.72 bits per heavy atom. The van der Waals surface area contributed by atoms with E-state index in [-0.39, 0.29) is 23.3 Å². The van der Waals surface area contributed by atoms with E-state index >= 15 is 0 Å². The molecule has 0 atom stereocenters. The standard InChI is InChI=1S/C23H20ClN5O2S/c24-18-7-3-1-5-15(18)13-28-20(11-12-25-28)27-21(30)14-32-23-26-19-8-4-2-6-17(19)22(31)29(23)16-9-10-16/h1-8,11-12,16H,9-10,13-14H2,(H,27,30). The summed E-state index contributed by atoms with van der Waals surface area (Å²) in [5.74, 6) is 0.525. The average Bonchev–Trinajstić information content (AvgIpc) is 3.54. The number of benzene rings is 2. The van der Waals surface area contributed by atoms with Gasteiger partial charge >= 0.3 is 0 Å².